The van der Waals surface area contributed by atoms with Crippen molar-refractivity contribution >= 4 is 17.9 Å². The number of rotatable bonds is 5. The summed E-state index contributed by atoms with van der Waals surface area (Å²) in [6, 6.07) is 9.35. The van der Waals surface area contributed by atoms with Gasteiger partial charge in [0.2, 0.25) is 11.8 Å². The summed E-state index contributed by atoms with van der Waals surface area (Å²) in [4.78, 5) is 26.3. The number of hydrogen-bond donors (Lipinski definition) is 2. The first kappa shape index (κ1) is 21.5. The minimum absolute atomic E-state index is 0.00372. The first-order valence-electron chi connectivity index (χ1n) is 10.5. The molecule has 0 aromatic heterocycles. The number of amides is 2. The average molecular weight is 401 g/mol. The Kier molecular flexibility index (Phi) is 6.75. The number of likely N-dealkylation sites (tertiary alicyclic amines) is 1. The smallest absolute Gasteiger partial charge is 0.246 e. The molecular weight excluding hydrogens is 368 g/mol. The van der Waals surface area contributed by atoms with Gasteiger partial charge in [-0.15, -0.1) is 0 Å². The lowest BCUT2D eigenvalue weighted by molar-refractivity contribution is -0.189. The number of carbonyl (C=O) groups is 2. The number of carbonyl (C=O) groups excluding carboxylic acids is 2. The second-order valence-electron chi connectivity index (χ2n) is 8.47. The predicted octanol–water partition coefficient (Wildman–Crippen LogP) is 2.52. The van der Waals surface area contributed by atoms with E-state index < -0.39 is 17.2 Å². The van der Waals surface area contributed by atoms with Gasteiger partial charge in [0.05, 0.1) is 23.9 Å². The van der Waals surface area contributed by atoms with Crippen molar-refractivity contribution in [3.05, 3.63) is 42.0 Å². The van der Waals surface area contributed by atoms with Gasteiger partial charge in [0.1, 0.15) is 0 Å². The van der Waals surface area contributed by atoms with E-state index in [0.717, 1.165) is 12.0 Å². The second-order valence-corrected chi connectivity index (χ2v) is 8.47. The first-order valence-corrected chi connectivity index (χ1v) is 10.5. The Morgan fingerprint density at radius 2 is 1.97 bits per heavy atom. The highest BCUT2D eigenvalue weighted by Crippen LogP contribution is 2.39. The Morgan fingerprint density at radius 1 is 1.28 bits per heavy atom. The highest BCUT2D eigenvalue weighted by molar-refractivity contribution is 5.91. The molecule has 2 amide bonds. The van der Waals surface area contributed by atoms with Gasteiger partial charge in [-0.05, 0) is 37.8 Å². The summed E-state index contributed by atoms with van der Waals surface area (Å²) in [6.07, 6.45) is 6.49. The Labute approximate surface area is 172 Å². The maximum absolute atomic E-state index is 12.5. The lowest BCUT2D eigenvalue weighted by Crippen LogP contribution is -2.64. The lowest BCUT2D eigenvalue weighted by Gasteiger charge is -2.51. The normalized spacial score (nSPS) is 26.6. The zero-order chi connectivity index (χ0) is 20.9. The van der Waals surface area contributed by atoms with Crippen molar-refractivity contribution in [2.24, 2.45) is 0 Å². The standard InChI is InChI=1S/C23H32N2O4/c1-3-7-20(26)24-19-16-29-23(17-22(19,2)28)12-14-25(15-13-23)21(27)11-10-18-8-5-4-6-9-18/h4-6,8-11,19,28H,3,7,12-17H2,1-2H3,(H,24,26)/t19-,22-/m0/s1. The number of nitrogens with zero attached hydrogens (tertiary/aromatic N) is 1. The molecule has 1 aromatic rings. The third-order valence-electron chi connectivity index (χ3n) is 6.00. The molecule has 2 saturated heterocycles. The van der Waals surface area contributed by atoms with Gasteiger partial charge < -0.3 is 20.1 Å². The van der Waals surface area contributed by atoms with Crippen molar-refractivity contribution in [3.63, 3.8) is 0 Å². The summed E-state index contributed by atoms with van der Waals surface area (Å²) in [5, 5.41) is 13.9. The molecule has 2 aliphatic heterocycles. The monoisotopic (exact) mass is 400 g/mol. The van der Waals surface area contributed by atoms with Crippen LogP contribution in [0, 0.1) is 0 Å². The van der Waals surface area contributed by atoms with Crippen LogP contribution < -0.4 is 5.32 Å². The molecule has 2 heterocycles. The van der Waals surface area contributed by atoms with Crippen LogP contribution in [0.1, 0.15) is 51.5 Å². The largest absolute Gasteiger partial charge is 0.388 e. The number of aliphatic hydroxyl groups is 1. The third-order valence-corrected chi connectivity index (χ3v) is 6.00. The Hall–Kier alpha value is -2.18. The van der Waals surface area contributed by atoms with Gasteiger partial charge in [-0.3, -0.25) is 9.59 Å². The molecule has 1 aromatic carbocycles. The second kappa shape index (κ2) is 9.09. The summed E-state index contributed by atoms with van der Waals surface area (Å²) in [6.45, 7) is 5.22. The van der Waals surface area contributed by atoms with E-state index in [0.29, 0.717) is 45.4 Å². The van der Waals surface area contributed by atoms with Crippen molar-refractivity contribution in [1.29, 1.82) is 0 Å². The molecular formula is C23H32N2O4. The molecule has 6 heteroatoms. The maximum atomic E-state index is 12.5. The van der Waals surface area contributed by atoms with Crippen LogP contribution >= 0.6 is 0 Å². The van der Waals surface area contributed by atoms with Crippen LogP contribution in [0.3, 0.4) is 0 Å². The molecule has 6 nitrogen and oxygen atoms in total. The number of ether oxygens (including phenoxy) is 1. The fourth-order valence-electron chi connectivity index (χ4n) is 4.25. The zero-order valence-corrected chi connectivity index (χ0v) is 17.4. The van der Waals surface area contributed by atoms with Gasteiger partial charge in [0, 0.05) is 32.0 Å². The molecule has 2 fully saturated rings. The highest BCUT2D eigenvalue weighted by atomic mass is 16.5. The molecule has 0 aliphatic carbocycles. The number of hydrogen-bond acceptors (Lipinski definition) is 4. The molecule has 0 unspecified atom stereocenters. The van der Waals surface area contributed by atoms with Gasteiger partial charge in [-0.25, -0.2) is 0 Å². The number of nitrogens with one attached hydrogen (secondary N) is 1. The molecule has 29 heavy (non-hydrogen) atoms. The van der Waals surface area contributed by atoms with E-state index in [1.54, 1.807) is 13.0 Å². The quantitative estimate of drug-likeness (QED) is 0.745. The van der Waals surface area contributed by atoms with Crippen molar-refractivity contribution < 1.29 is 19.4 Å². The first-order chi connectivity index (χ1) is 13.8. The Balaban J connectivity index is 1.54. The van der Waals surface area contributed by atoms with E-state index in [-0.39, 0.29) is 11.8 Å². The fourth-order valence-corrected chi connectivity index (χ4v) is 4.25. The van der Waals surface area contributed by atoms with E-state index in [1.165, 1.54) is 0 Å². The van der Waals surface area contributed by atoms with Crippen molar-refractivity contribution in [2.75, 3.05) is 19.7 Å². The van der Waals surface area contributed by atoms with Crippen LogP contribution in [-0.4, -0.2) is 58.8 Å². The van der Waals surface area contributed by atoms with Crippen LogP contribution in [0.15, 0.2) is 36.4 Å². The Morgan fingerprint density at radius 3 is 2.59 bits per heavy atom. The van der Waals surface area contributed by atoms with Crippen LogP contribution in [0.2, 0.25) is 0 Å². The van der Waals surface area contributed by atoms with Gasteiger partial charge in [-0.2, -0.15) is 0 Å². The topological polar surface area (TPSA) is 78.9 Å². The summed E-state index contributed by atoms with van der Waals surface area (Å²) in [5.41, 5.74) is -0.464. The van der Waals surface area contributed by atoms with Crippen molar-refractivity contribution in [3.8, 4) is 0 Å². The van der Waals surface area contributed by atoms with Crippen LogP contribution in [0.4, 0.5) is 0 Å². The van der Waals surface area contributed by atoms with Crippen LogP contribution in [-0.2, 0) is 14.3 Å². The summed E-state index contributed by atoms with van der Waals surface area (Å²) in [7, 11) is 0. The summed E-state index contributed by atoms with van der Waals surface area (Å²) >= 11 is 0. The molecule has 2 N–H and O–H groups in total. The molecule has 0 radical (unpaired) electrons. The zero-order valence-electron chi connectivity index (χ0n) is 17.4. The molecule has 0 saturated carbocycles. The number of benzene rings is 1. The molecule has 3 rings (SSSR count). The van der Waals surface area contributed by atoms with Crippen LogP contribution in [0.5, 0.6) is 0 Å². The average Bonchev–Trinajstić information content (AvgIpc) is 2.70. The van der Waals surface area contributed by atoms with E-state index in [4.69, 9.17) is 4.74 Å². The lowest BCUT2D eigenvalue weighted by atomic mass is 9.75. The van der Waals surface area contributed by atoms with Crippen molar-refractivity contribution in [1.82, 2.24) is 10.2 Å². The van der Waals surface area contributed by atoms with E-state index >= 15 is 0 Å². The fraction of sp³-hybridized carbons (Fsp3) is 0.565. The van der Waals surface area contributed by atoms with Crippen molar-refractivity contribution in [2.45, 2.75) is 63.2 Å². The van der Waals surface area contributed by atoms with E-state index in [1.807, 2.05) is 48.2 Å². The van der Waals surface area contributed by atoms with Gasteiger partial charge in [0.15, 0.2) is 0 Å². The Bertz CT molecular complexity index is 737. The SMILES string of the molecule is CCCC(=O)N[C@H]1COC2(CCN(C(=O)C=Cc3ccccc3)CC2)C[C@]1(C)O. The summed E-state index contributed by atoms with van der Waals surface area (Å²) in [5.74, 6) is -0.0566. The van der Waals surface area contributed by atoms with Gasteiger partial charge in [0.25, 0.3) is 0 Å². The summed E-state index contributed by atoms with van der Waals surface area (Å²) < 4.78 is 6.16. The molecule has 158 valence electrons. The molecule has 2 atom stereocenters. The molecule has 1 spiro atoms. The van der Waals surface area contributed by atoms with Gasteiger partial charge in [-0.1, -0.05) is 37.3 Å². The van der Waals surface area contributed by atoms with E-state index in [9.17, 15) is 14.7 Å². The highest BCUT2D eigenvalue weighted by Gasteiger charge is 2.49. The van der Waals surface area contributed by atoms with Gasteiger partial charge >= 0.3 is 0 Å². The third kappa shape index (κ3) is 5.46. The number of piperidine rings is 1. The maximum Gasteiger partial charge on any atom is 0.246 e. The van der Waals surface area contributed by atoms with Crippen LogP contribution in [0.25, 0.3) is 6.08 Å². The molecule has 2 aliphatic rings. The molecule has 0 bridgehead atoms. The van der Waals surface area contributed by atoms with E-state index in [2.05, 4.69) is 5.32 Å². The predicted molar refractivity (Wildman–Crippen MR) is 112 cm³/mol. The minimum Gasteiger partial charge on any atom is -0.388 e. The minimum atomic E-state index is -1.03.